The molecule has 1 amide bonds. The Morgan fingerprint density at radius 2 is 2.28 bits per heavy atom. The number of aromatic nitrogens is 4. The molecule has 1 atom stereocenters. The molecule has 1 aliphatic rings. The summed E-state index contributed by atoms with van der Waals surface area (Å²) in [6, 6.07) is 5.68. The van der Waals surface area contributed by atoms with Gasteiger partial charge in [-0.25, -0.2) is 0 Å². The maximum absolute atomic E-state index is 13.2. The number of hydrogen-bond donors (Lipinski definition) is 1. The average Bonchev–Trinajstić information content (AvgIpc) is 3.32. The zero-order valence-electron chi connectivity index (χ0n) is 14.0. The van der Waals surface area contributed by atoms with Gasteiger partial charge in [0.25, 0.3) is 5.91 Å². The van der Waals surface area contributed by atoms with Crippen molar-refractivity contribution in [2.45, 2.75) is 25.7 Å². The molecule has 7 heteroatoms. The molecule has 0 spiro atoms. The summed E-state index contributed by atoms with van der Waals surface area (Å²) in [5.41, 5.74) is 2.94. The van der Waals surface area contributed by atoms with Crippen LogP contribution in [0.2, 0.25) is 0 Å². The van der Waals surface area contributed by atoms with Crippen molar-refractivity contribution in [3.63, 3.8) is 0 Å². The molecule has 128 valence electrons. The van der Waals surface area contributed by atoms with Gasteiger partial charge in [0, 0.05) is 48.9 Å². The highest BCUT2D eigenvalue weighted by Gasteiger charge is 2.30. The van der Waals surface area contributed by atoms with Crippen LogP contribution in [0.1, 0.15) is 40.6 Å². The highest BCUT2D eigenvalue weighted by atomic mass is 16.5. The van der Waals surface area contributed by atoms with Crippen LogP contribution in [0.25, 0.3) is 11.3 Å². The Balaban J connectivity index is 1.62. The van der Waals surface area contributed by atoms with Crippen molar-refractivity contribution < 1.29 is 9.32 Å². The van der Waals surface area contributed by atoms with E-state index in [1.807, 2.05) is 23.1 Å². The zero-order valence-corrected chi connectivity index (χ0v) is 14.0. The maximum atomic E-state index is 13.2. The molecule has 3 aromatic rings. The van der Waals surface area contributed by atoms with Crippen molar-refractivity contribution in [2.24, 2.45) is 0 Å². The number of rotatable bonds is 3. The van der Waals surface area contributed by atoms with Gasteiger partial charge < -0.3 is 9.42 Å². The van der Waals surface area contributed by atoms with Gasteiger partial charge in [0.05, 0.1) is 0 Å². The number of H-pyrrole nitrogens is 1. The molecule has 4 rings (SSSR count). The summed E-state index contributed by atoms with van der Waals surface area (Å²) in [6.45, 7) is 3.18. The first kappa shape index (κ1) is 15.6. The number of amides is 1. The molecule has 0 radical (unpaired) electrons. The van der Waals surface area contributed by atoms with E-state index in [0.717, 1.165) is 30.6 Å². The number of pyridine rings is 1. The van der Waals surface area contributed by atoms with Crippen LogP contribution in [0.5, 0.6) is 0 Å². The molecule has 1 N–H and O–H groups in total. The minimum Gasteiger partial charge on any atom is -0.360 e. The molecule has 1 unspecified atom stereocenters. The van der Waals surface area contributed by atoms with Gasteiger partial charge in [-0.15, -0.1) is 0 Å². The Kier molecular flexibility index (Phi) is 4.05. The molecule has 0 aromatic carbocycles. The molecule has 1 fully saturated rings. The summed E-state index contributed by atoms with van der Waals surface area (Å²) in [7, 11) is 0. The quantitative estimate of drug-likeness (QED) is 0.794. The van der Waals surface area contributed by atoms with E-state index in [4.69, 9.17) is 4.52 Å². The van der Waals surface area contributed by atoms with Crippen LogP contribution in [0.3, 0.4) is 0 Å². The van der Waals surface area contributed by atoms with Crippen LogP contribution >= 0.6 is 0 Å². The summed E-state index contributed by atoms with van der Waals surface area (Å²) >= 11 is 0. The Morgan fingerprint density at radius 3 is 3.04 bits per heavy atom. The van der Waals surface area contributed by atoms with E-state index in [-0.39, 0.29) is 11.8 Å². The van der Waals surface area contributed by atoms with Gasteiger partial charge in [-0.2, -0.15) is 5.10 Å². The number of nitrogens with one attached hydrogen (secondary N) is 1. The lowest BCUT2D eigenvalue weighted by atomic mass is 9.94. The molecular formula is C18H19N5O2. The van der Waals surface area contributed by atoms with Gasteiger partial charge in [0.1, 0.15) is 17.0 Å². The third-order valence-electron chi connectivity index (χ3n) is 4.68. The predicted molar refractivity (Wildman–Crippen MR) is 90.9 cm³/mol. The second-order valence-electron chi connectivity index (χ2n) is 6.31. The predicted octanol–water partition coefficient (Wildman–Crippen LogP) is 2.79. The van der Waals surface area contributed by atoms with E-state index in [1.165, 1.54) is 0 Å². The smallest absolute Gasteiger partial charge is 0.259 e. The van der Waals surface area contributed by atoms with E-state index in [1.54, 1.807) is 25.5 Å². The molecule has 0 saturated carbocycles. The molecule has 3 aromatic heterocycles. The van der Waals surface area contributed by atoms with Crippen molar-refractivity contribution in [2.75, 3.05) is 13.1 Å². The fraction of sp³-hybridized carbons (Fsp3) is 0.333. The number of piperidine rings is 1. The molecule has 7 nitrogen and oxygen atoms in total. The Hall–Kier alpha value is -2.96. The summed E-state index contributed by atoms with van der Waals surface area (Å²) < 4.78 is 5.32. The minimum absolute atomic E-state index is 0.0400. The van der Waals surface area contributed by atoms with Gasteiger partial charge in [0.15, 0.2) is 0 Å². The lowest BCUT2D eigenvalue weighted by Gasteiger charge is -2.32. The lowest BCUT2D eigenvalue weighted by molar-refractivity contribution is 0.0704. The number of aromatic amines is 1. The van der Waals surface area contributed by atoms with Crippen LogP contribution in [-0.2, 0) is 0 Å². The standard InChI is InChI=1S/C18H19N5O2/c1-12-16(17(22-25-12)13-4-2-7-19-10-13)18(24)23-9-3-5-14(11-23)15-6-8-20-21-15/h2,4,6-8,10,14H,3,5,9,11H2,1H3,(H,20,21). The fourth-order valence-corrected chi connectivity index (χ4v) is 3.39. The molecular weight excluding hydrogens is 318 g/mol. The second-order valence-corrected chi connectivity index (χ2v) is 6.31. The second kappa shape index (κ2) is 6.51. The van der Waals surface area contributed by atoms with E-state index >= 15 is 0 Å². The summed E-state index contributed by atoms with van der Waals surface area (Å²) in [5, 5.41) is 11.1. The molecule has 0 aliphatic carbocycles. The van der Waals surface area contributed by atoms with E-state index in [9.17, 15) is 4.79 Å². The number of likely N-dealkylation sites (tertiary alicyclic amines) is 1. The number of carbonyl (C=O) groups excluding carboxylic acids is 1. The summed E-state index contributed by atoms with van der Waals surface area (Å²) in [6.07, 6.45) is 7.14. The van der Waals surface area contributed by atoms with Crippen molar-refractivity contribution in [1.29, 1.82) is 0 Å². The SMILES string of the molecule is Cc1onc(-c2cccnc2)c1C(=O)N1CCCC(c2ccn[nH]2)C1. The topological polar surface area (TPSA) is 87.9 Å². The van der Waals surface area contributed by atoms with Crippen LogP contribution in [0, 0.1) is 6.92 Å². The molecule has 25 heavy (non-hydrogen) atoms. The third-order valence-corrected chi connectivity index (χ3v) is 4.68. The van der Waals surface area contributed by atoms with Crippen molar-refractivity contribution in [3.05, 3.63) is 53.8 Å². The fourth-order valence-electron chi connectivity index (χ4n) is 3.39. The van der Waals surface area contributed by atoms with E-state index in [2.05, 4.69) is 20.3 Å². The van der Waals surface area contributed by atoms with Crippen LogP contribution in [0.4, 0.5) is 0 Å². The first-order valence-corrected chi connectivity index (χ1v) is 8.39. The average molecular weight is 337 g/mol. The lowest BCUT2D eigenvalue weighted by Crippen LogP contribution is -2.39. The number of nitrogens with zero attached hydrogens (tertiary/aromatic N) is 4. The normalized spacial score (nSPS) is 17.6. The van der Waals surface area contributed by atoms with Gasteiger partial charge in [-0.3, -0.25) is 14.9 Å². The third kappa shape index (κ3) is 2.93. The van der Waals surface area contributed by atoms with E-state index < -0.39 is 0 Å². The highest BCUT2D eigenvalue weighted by Crippen LogP contribution is 2.30. The van der Waals surface area contributed by atoms with Crippen LogP contribution < -0.4 is 0 Å². The molecule has 0 bridgehead atoms. The monoisotopic (exact) mass is 337 g/mol. The van der Waals surface area contributed by atoms with Crippen molar-refractivity contribution >= 4 is 5.91 Å². The van der Waals surface area contributed by atoms with Crippen molar-refractivity contribution in [1.82, 2.24) is 25.2 Å². The van der Waals surface area contributed by atoms with Crippen LogP contribution in [0.15, 0.2) is 41.3 Å². The summed E-state index contributed by atoms with van der Waals surface area (Å²) in [5.74, 6) is 0.775. The Morgan fingerprint density at radius 1 is 1.36 bits per heavy atom. The van der Waals surface area contributed by atoms with Gasteiger partial charge in [0.2, 0.25) is 0 Å². The first-order chi connectivity index (χ1) is 12.2. The van der Waals surface area contributed by atoms with Gasteiger partial charge in [-0.1, -0.05) is 5.16 Å². The van der Waals surface area contributed by atoms with Gasteiger partial charge in [-0.05, 0) is 38.0 Å². The first-order valence-electron chi connectivity index (χ1n) is 8.39. The van der Waals surface area contributed by atoms with Crippen molar-refractivity contribution in [3.8, 4) is 11.3 Å². The van der Waals surface area contributed by atoms with E-state index in [0.29, 0.717) is 23.6 Å². The molecule has 1 aliphatic heterocycles. The zero-order chi connectivity index (χ0) is 17.2. The summed E-state index contributed by atoms with van der Waals surface area (Å²) in [4.78, 5) is 19.2. The number of aryl methyl sites for hydroxylation is 1. The number of carbonyl (C=O) groups is 1. The maximum Gasteiger partial charge on any atom is 0.259 e. The highest BCUT2D eigenvalue weighted by molar-refractivity contribution is 6.00. The minimum atomic E-state index is -0.0400. The molecule has 4 heterocycles. The largest absolute Gasteiger partial charge is 0.360 e. The Labute approximate surface area is 145 Å². The van der Waals surface area contributed by atoms with Gasteiger partial charge >= 0.3 is 0 Å². The molecule has 1 saturated heterocycles. The Bertz CT molecular complexity index is 857. The van der Waals surface area contributed by atoms with Crippen LogP contribution in [-0.4, -0.2) is 44.2 Å². The number of hydrogen-bond acceptors (Lipinski definition) is 5.